The van der Waals surface area contributed by atoms with Crippen LogP contribution >= 0.6 is 0 Å². The second kappa shape index (κ2) is 10.2. The summed E-state index contributed by atoms with van der Waals surface area (Å²) >= 11 is 0. The van der Waals surface area contributed by atoms with Crippen molar-refractivity contribution >= 4 is 23.5 Å². The molecule has 1 heterocycles. The largest absolute Gasteiger partial charge is 0.465 e. The van der Waals surface area contributed by atoms with Gasteiger partial charge in [0.15, 0.2) is 0 Å². The highest BCUT2D eigenvalue weighted by atomic mass is 19.1. The van der Waals surface area contributed by atoms with Crippen molar-refractivity contribution in [1.29, 1.82) is 0 Å². The lowest BCUT2D eigenvalue weighted by atomic mass is 9.92. The van der Waals surface area contributed by atoms with E-state index >= 15 is 0 Å². The molecule has 1 atom stereocenters. The smallest absolute Gasteiger partial charge is 0.338 e. The van der Waals surface area contributed by atoms with E-state index in [9.17, 15) is 18.8 Å². The number of esters is 1. The number of likely N-dealkylation sites (tertiary alicyclic amines) is 1. The number of anilines is 1. The number of benzene rings is 2. The number of amides is 2. The molecule has 1 aliphatic rings. The maximum Gasteiger partial charge on any atom is 0.338 e. The average Bonchev–Trinajstić information content (AvgIpc) is 2.78. The number of aryl methyl sites for hydroxylation is 1. The predicted molar refractivity (Wildman–Crippen MR) is 115 cm³/mol. The van der Waals surface area contributed by atoms with Crippen LogP contribution in [0.1, 0.15) is 52.0 Å². The zero-order valence-corrected chi connectivity index (χ0v) is 17.8. The summed E-state index contributed by atoms with van der Waals surface area (Å²) in [6, 6.07) is 10.9. The standard InChI is InChI=1S/C24H27FN2O4/c1-16-14-18(25)10-11-21(16)26-22(28)12-9-17-6-5-13-27(15-17)23(29)19-7-3-4-8-20(19)24(30)31-2/h3-4,7-8,10-11,14,17H,5-6,9,12-13,15H2,1-2H3,(H,26,28)/t17-/m0/s1. The summed E-state index contributed by atoms with van der Waals surface area (Å²) in [4.78, 5) is 39.1. The van der Waals surface area contributed by atoms with Crippen LogP contribution in [0.15, 0.2) is 42.5 Å². The summed E-state index contributed by atoms with van der Waals surface area (Å²) in [5.74, 6) is -1.00. The van der Waals surface area contributed by atoms with Crippen molar-refractivity contribution < 1.29 is 23.5 Å². The van der Waals surface area contributed by atoms with E-state index < -0.39 is 5.97 Å². The Hall–Kier alpha value is -3.22. The van der Waals surface area contributed by atoms with Crippen molar-refractivity contribution in [2.45, 2.75) is 32.6 Å². The maximum absolute atomic E-state index is 13.2. The molecule has 2 aromatic rings. The molecule has 2 aromatic carbocycles. The van der Waals surface area contributed by atoms with E-state index in [4.69, 9.17) is 4.74 Å². The monoisotopic (exact) mass is 426 g/mol. The molecule has 7 heteroatoms. The summed E-state index contributed by atoms with van der Waals surface area (Å²) in [7, 11) is 1.29. The van der Waals surface area contributed by atoms with E-state index in [1.165, 1.54) is 19.2 Å². The zero-order chi connectivity index (χ0) is 22.4. The summed E-state index contributed by atoms with van der Waals surface area (Å²) in [6.07, 6.45) is 2.75. The number of hydrogen-bond acceptors (Lipinski definition) is 4. The predicted octanol–water partition coefficient (Wildman–Crippen LogP) is 4.19. The first-order chi connectivity index (χ1) is 14.9. The summed E-state index contributed by atoms with van der Waals surface area (Å²) in [5.41, 5.74) is 1.86. The number of methoxy groups -OCH3 is 1. The molecule has 0 unspecified atom stereocenters. The van der Waals surface area contributed by atoms with Crippen LogP contribution in [-0.2, 0) is 9.53 Å². The van der Waals surface area contributed by atoms with Gasteiger partial charge in [-0.2, -0.15) is 0 Å². The van der Waals surface area contributed by atoms with E-state index in [1.807, 2.05) is 0 Å². The van der Waals surface area contributed by atoms with Gasteiger partial charge in [-0.15, -0.1) is 0 Å². The van der Waals surface area contributed by atoms with Crippen LogP contribution in [0.5, 0.6) is 0 Å². The van der Waals surface area contributed by atoms with Crippen molar-refractivity contribution in [2.75, 3.05) is 25.5 Å². The van der Waals surface area contributed by atoms with Gasteiger partial charge < -0.3 is 15.0 Å². The number of nitrogens with one attached hydrogen (secondary N) is 1. The van der Waals surface area contributed by atoms with Crippen LogP contribution in [0.3, 0.4) is 0 Å². The molecule has 0 aromatic heterocycles. The van der Waals surface area contributed by atoms with Gasteiger partial charge in [-0.05, 0) is 68.0 Å². The molecule has 0 aliphatic carbocycles. The Bertz CT molecular complexity index is 976. The lowest BCUT2D eigenvalue weighted by Gasteiger charge is -2.33. The van der Waals surface area contributed by atoms with E-state index in [-0.39, 0.29) is 29.1 Å². The van der Waals surface area contributed by atoms with Gasteiger partial charge in [-0.1, -0.05) is 12.1 Å². The highest BCUT2D eigenvalue weighted by molar-refractivity contribution is 6.05. The highest BCUT2D eigenvalue weighted by Crippen LogP contribution is 2.24. The van der Waals surface area contributed by atoms with Gasteiger partial charge in [0.1, 0.15) is 5.82 Å². The number of rotatable bonds is 6. The van der Waals surface area contributed by atoms with E-state index in [2.05, 4.69) is 5.32 Å². The molecule has 1 fully saturated rings. The molecule has 0 saturated carbocycles. The number of ether oxygens (including phenoxy) is 1. The number of piperidine rings is 1. The fraction of sp³-hybridized carbons (Fsp3) is 0.375. The molecule has 164 valence electrons. The molecule has 1 saturated heterocycles. The summed E-state index contributed by atoms with van der Waals surface area (Å²) in [5, 5.41) is 2.83. The van der Waals surface area contributed by atoms with Crippen molar-refractivity contribution in [1.82, 2.24) is 4.90 Å². The Balaban J connectivity index is 1.58. The van der Waals surface area contributed by atoms with Crippen molar-refractivity contribution in [3.8, 4) is 0 Å². The Morgan fingerprint density at radius 2 is 1.90 bits per heavy atom. The second-order valence-corrected chi connectivity index (χ2v) is 7.84. The zero-order valence-electron chi connectivity index (χ0n) is 17.8. The molecule has 3 rings (SSSR count). The van der Waals surface area contributed by atoms with Gasteiger partial charge in [0, 0.05) is 25.2 Å². The van der Waals surface area contributed by atoms with Gasteiger partial charge >= 0.3 is 5.97 Å². The Morgan fingerprint density at radius 1 is 1.16 bits per heavy atom. The highest BCUT2D eigenvalue weighted by Gasteiger charge is 2.27. The molecule has 1 N–H and O–H groups in total. The van der Waals surface area contributed by atoms with Gasteiger partial charge in [0.25, 0.3) is 5.91 Å². The van der Waals surface area contributed by atoms with Crippen LogP contribution in [-0.4, -0.2) is 42.9 Å². The Kier molecular flexibility index (Phi) is 7.39. The first kappa shape index (κ1) is 22.5. The van der Waals surface area contributed by atoms with E-state index in [0.29, 0.717) is 42.7 Å². The molecule has 2 amide bonds. The maximum atomic E-state index is 13.2. The van der Waals surface area contributed by atoms with Crippen molar-refractivity contribution in [3.05, 3.63) is 65.0 Å². The lowest BCUT2D eigenvalue weighted by Crippen LogP contribution is -2.40. The van der Waals surface area contributed by atoms with Crippen molar-refractivity contribution in [3.63, 3.8) is 0 Å². The normalized spacial score (nSPS) is 16.0. The molecule has 0 bridgehead atoms. The molecule has 6 nitrogen and oxygen atoms in total. The van der Waals surface area contributed by atoms with Gasteiger partial charge in [0.05, 0.1) is 18.2 Å². The van der Waals surface area contributed by atoms with Crippen LogP contribution in [0, 0.1) is 18.7 Å². The lowest BCUT2D eigenvalue weighted by molar-refractivity contribution is -0.116. The minimum atomic E-state index is -0.537. The van der Waals surface area contributed by atoms with Crippen LogP contribution in [0.25, 0.3) is 0 Å². The Morgan fingerprint density at radius 3 is 2.61 bits per heavy atom. The fourth-order valence-corrected chi connectivity index (χ4v) is 3.93. The average molecular weight is 426 g/mol. The molecule has 0 radical (unpaired) electrons. The van der Waals surface area contributed by atoms with Gasteiger partial charge in [-0.25, -0.2) is 9.18 Å². The number of nitrogens with zero attached hydrogens (tertiary/aromatic N) is 1. The van der Waals surface area contributed by atoms with E-state index in [0.717, 1.165) is 12.8 Å². The first-order valence-electron chi connectivity index (χ1n) is 10.4. The number of halogens is 1. The summed E-state index contributed by atoms with van der Waals surface area (Å²) < 4.78 is 18.0. The van der Waals surface area contributed by atoms with Crippen LogP contribution < -0.4 is 5.32 Å². The number of hydrogen-bond donors (Lipinski definition) is 1. The second-order valence-electron chi connectivity index (χ2n) is 7.84. The topological polar surface area (TPSA) is 75.7 Å². The van der Waals surface area contributed by atoms with Crippen molar-refractivity contribution in [2.24, 2.45) is 5.92 Å². The molecular formula is C24H27FN2O4. The number of carbonyl (C=O) groups is 3. The Labute approximate surface area is 181 Å². The SMILES string of the molecule is COC(=O)c1ccccc1C(=O)N1CCC[C@@H](CCC(=O)Nc2ccc(F)cc2C)C1. The molecular weight excluding hydrogens is 399 g/mol. The van der Waals surface area contributed by atoms with E-state index in [1.54, 1.807) is 42.2 Å². The third-order valence-corrected chi connectivity index (χ3v) is 5.61. The minimum Gasteiger partial charge on any atom is -0.465 e. The first-order valence-corrected chi connectivity index (χ1v) is 10.4. The third-order valence-electron chi connectivity index (χ3n) is 5.61. The molecule has 0 spiro atoms. The number of carbonyl (C=O) groups excluding carboxylic acids is 3. The van der Waals surface area contributed by atoms with Crippen LogP contribution in [0.2, 0.25) is 0 Å². The van der Waals surface area contributed by atoms with Crippen LogP contribution in [0.4, 0.5) is 10.1 Å². The molecule has 1 aliphatic heterocycles. The molecule has 31 heavy (non-hydrogen) atoms. The fourth-order valence-electron chi connectivity index (χ4n) is 3.93. The van der Waals surface area contributed by atoms with Gasteiger partial charge in [0.2, 0.25) is 5.91 Å². The third kappa shape index (κ3) is 5.69. The minimum absolute atomic E-state index is 0.130. The van der Waals surface area contributed by atoms with Gasteiger partial charge in [-0.3, -0.25) is 9.59 Å². The quantitative estimate of drug-likeness (QED) is 0.703. The summed E-state index contributed by atoms with van der Waals surface area (Å²) in [6.45, 7) is 2.90.